The number of carbonyl (C=O) groups is 1. The maximum absolute atomic E-state index is 12.7. The van der Waals surface area contributed by atoms with E-state index in [4.69, 9.17) is 4.74 Å². The van der Waals surface area contributed by atoms with Gasteiger partial charge >= 0.3 is 5.97 Å². The zero-order valence-electron chi connectivity index (χ0n) is 13.2. The van der Waals surface area contributed by atoms with Gasteiger partial charge in [-0.15, -0.1) is 0 Å². The summed E-state index contributed by atoms with van der Waals surface area (Å²) in [6, 6.07) is 2.76. The van der Waals surface area contributed by atoms with Crippen molar-refractivity contribution in [1.82, 2.24) is 8.87 Å². The van der Waals surface area contributed by atoms with E-state index in [1.807, 2.05) is 0 Å². The molecule has 1 fully saturated rings. The first-order valence-electron chi connectivity index (χ1n) is 7.82. The van der Waals surface area contributed by atoms with Crippen molar-refractivity contribution in [1.29, 1.82) is 0 Å². The van der Waals surface area contributed by atoms with Crippen molar-refractivity contribution in [3.05, 3.63) is 28.7 Å². The first-order valence-corrected chi connectivity index (χ1v) is 9.26. The van der Waals surface area contributed by atoms with Crippen molar-refractivity contribution >= 4 is 16.0 Å². The average Bonchev–Trinajstić information content (AvgIpc) is 2.79. The summed E-state index contributed by atoms with van der Waals surface area (Å²) >= 11 is 0. The third kappa shape index (κ3) is 4.20. The van der Waals surface area contributed by atoms with Gasteiger partial charge in [-0.2, -0.15) is 4.31 Å². The van der Waals surface area contributed by atoms with Gasteiger partial charge in [-0.05, 0) is 31.9 Å². The van der Waals surface area contributed by atoms with Crippen LogP contribution in [0.1, 0.15) is 32.6 Å². The zero-order chi connectivity index (χ0) is 16.9. The standard InChI is InChI=1S/C15H22N2O5S/c1-2-22-14(18)12-16-9-7-8-13(15(16)19)23(20,21)17-10-5-3-4-6-11-17/h7-9H,2-6,10-12H2,1H3. The fourth-order valence-corrected chi connectivity index (χ4v) is 4.21. The van der Waals surface area contributed by atoms with Crippen molar-refractivity contribution in [2.45, 2.75) is 44.0 Å². The molecule has 1 aliphatic heterocycles. The second-order valence-electron chi connectivity index (χ2n) is 5.43. The van der Waals surface area contributed by atoms with Gasteiger partial charge in [-0.1, -0.05) is 12.8 Å². The van der Waals surface area contributed by atoms with Crippen LogP contribution in [0.25, 0.3) is 0 Å². The van der Waals surface area contributed by atoms with Gasteiger partial charge in [0.1, 0.15) is 11.4 Å². The number of aromatic nitrogens is 1. The highest BCUT2D eigenvalue weighted by atomic mass is 32.2. The monoisotopic (exact) mass is 342 g/mol. The number of sulfonamides is 1. The van der Waals surface area contributed by atoms with Crippen molar-refractivity contribution in [2.24, 2.45) is 0 Å². The summed E-state index contributed by atoms with van der Waals surface area (Å²) in [5, 5.41) is 0. The summed E-state index contributed by atoms with van der Waals surface area (Å²) in [6.07, 6.45) is 4.97. The first-order chi connectivity index (χ1) is 11.0. The number of hydrogen-bond acceptors (Lipinski definition) is 5. The van der Waals surface area contributed by atoms with Crippen LogP contribution < -0.4 is 5.56 Å². The molecule has 1 aliphatic rings. The minimum atomic E-state index is -3.84. The summed E-state index contributed by atoms with van der Waals surface area (Å²) in [7, 11) is -3.84. The minimum Gasteiger partial charge on any atom is -0.465 e. The van der Waals surface area contributed by atoms with E-state index >= 15 is 0 Å². The molecule has 23 heavy (non-hydrogen) atoms. The number of ether oxygens (including phenoxy) is 1. The maximum Gasteiger partial charge on any atom is 0.326 e. The number of rotatable bonds is 5. The summed E-state index contributed by atoms with van der Waals surface area (Å²) in [5.74, 6) is -0.570. The van der Waals surface area contributed by atoms with E-state index in [9.17, 15) is 18.0 Å². The second kappa shape index (κ2) is 7.74. The van der Waals surface area contributed by atoms with Gasteiger partial charge in [0, 0.05) is 19.3 Å². The van der Waals surface area contributed by atoms with Crippen molar-refractivity contribution in [2.75, 3.05) is 19.7 Å². The van der Waals surface area contributed by atoms with Gasteiger partial charge in [0.25, 0.3) is 5.56 Å². The molecule has 0 amide bonds. The number of nitrogens with zero attached hydrogens (tertiary/aromatic N) is 2. The quantitative estimate of drug-likeness (QED) is 0.745. The summed E-state index contributed by atoms with van der Waals surface area (Å²) in [6.45, 7) is 2.43. The molecule has 0 aliphatic carbocycles. The van der Waals surface area contributed by atoms with Crippen LogP contribution in [-0.4, -0.2) is 43.0 Å². The summed E-state index contributed by atoms with van der Waals surface area (Å²) < 4.78 is 32.7. The van der Waals surface area contributed by atoms with Crippen LogP contribution in [0.4, 0.5) is 0 Å². The van der Waals surface area contributed by atoms with E-state index in [-0.39, 0.29) is 18.0 Å². The Kier molecular flexibility index (Phi) is 5.95. The number of esters is 1. The fourth-order valence-electron chi connectivity index (χ4n) is 2.60. The highest BCUT2D eigenvalue weighted by Gasteiger charge is 2.28. The minimum absolute atomic E-state index is 0.208. The molecule has 2 rings (SSSR count). The highest BCUT2D eigenvalue weighted by molar-refractivity contribution is 7.89. The fraction of sp³-hybridized carbons (Fsp3) is 0.600. The lowest BCUT2D eigenvalue weighted by Crippen LogP contribution is -2.37. The van der Waals surface area contributed by atoms with Crippen LogP contribution in [0.2, 0.25) is 0 Å². The SMILES string of the molecule is CCOC(=O)Cn1cccc(S(=O)(=O)N2CCCCCC2)c1=O. The number of carbonyl (C=O) groups excluding carboxylic acids is 1. The Morgan fingerprint density at radius 1 is 1.22 bits per heavy atom. The predicted octanol–water partition coefficient (Wildman–Crippen LogP) is 0.976. The lowest BCUT2D eigenvalue weighted by molar-refractivity contribution is -0.143. The van der Waals surface area contributed by atoms with Crippen LogP contribution in [0.5, 0.6) is 0 Å². The molecule has 0 radical (unpaired) electrons. The lowest BCUT2D eigenvalue weighted by Gasteiger charge is -2.19. The van der Waals surface area contributed by atoms with Crippen LogP contribution >= 0.6 is 0 Å². The first kappa shape index (κ1) is 17.7. The van der Waals surface area contributed by atoms with E-state index < -0.39 is 21.6 Å². The Morgan fingerprint density at radius 3 is 2.48 bits per heavy atom. The van der Waals surface area contributed by atoms with Gasteiger partial charge in [0.15, 0.2) is 0 Å². The number of pyridine rings is 1. The van der Waals surface area contributed by atoms with Crippen molar-refractivity contribution < 1.29 is 17.9 Å². The largest absolute Gasteiger partial charge is 0.465 e. The Morgan fingerprint density at radius 2 is 1.87 bits per heavy atom. The molecule has 128 valence electrons. The van der Waals surface area contributed by atoms with Crippen LogP contribution in [-0.2, 0) is 26.1 Å². The van der Waals surface area contributed by atoms with Crippen LogP contribution in [0.15, 0.2) is 28.0 Å². The molecule has 8 heteroatoms. The molecular formula is C15H22N2O5S. The van der Waals surface area contributed by atoms with Gasteiger partial charge in [-0.3, -0.25) is 9.59 Å². The van der Waals surface area contributed by atoms with Crippen LogP contribution in [0, 0.1) is 0 Å². The van der Waals surface area contributed by atoms with Crippen LogP contribution in [0.3, 0.4) is 0 Å². The molecule has 0 bridgehead atoms. The zero-order valence-corrected chi connectivity index (χ0v) is 14.0. The second-order valence-corrected chi connectivity index (χ2v) is 7.34. The molecule has 2 heterocycles. The lowest BCUT2D eigenvalue weighted by atomic mass is 10.2. The van der Waals surface area contributed by atoms with Gasteiger partial charge in [0.05, 0.1) is 6.61 Å². The average molecular weight is 342 g/mol. The molecule has 1 aromatic rings. The van der Waals surface area contributed by atoms with Crippen molar-refractivity contribution in [3.8, 4) is 0 Å². The molecular weight excluding hydrogens is 320 g/mol. The Bertz CT molecular complexity index is 703. The molecule has 1 aromatic heterocycles. The van der Waals surface area contributed by atoms with Gasteiger partial charge in [-0.25, -0.2) is 8.42 Å². The predicted molar refractivity (Wildman–Crippen MR) is 84.6 cm³/mol. The number of hydrogen-bond donors (Lipinski definition) is 0. The molecule has 7 nitrogen and oxygen atoms in total. The Balaban J connectivity index is 2.31. The summed E-state index contributed by atoms with van der Waals surface area (Å²) in [4.78, 5) is 23.7. The molecule has 1 saturated heterocycles. The Hall–Kier alpha value is -1.67. The normalized spacial score (nSPS) is 16.7. The van der Waals surface area contributed by atoms with E-state index in [2.05, 4.69) is 0 Å². The molecule has 0 spiro atoms. The third-order valence-corrected chi connectivity index (χ3v) is 5.68. The molecule has 0 aromatic carbocycles. The molecule has 0 atom stereocenters. The van der Waals surface area contributed by atoms with Crippen molar-refractivity contribution in [3.63, 3.8) is 0 Å². The van der Waals surface area contributed by atoms with Gasteiger partial charge < -0.3 is 9.30 Å². The highest BCUT2D eigenvalue weighted by Crippen LogP contribution is 2.17. The van der Waals surface area contributed by atoms with Gasteiger partial charge in [0.2, 0.25) is 10.0 Å². The molecule has 0 saturated carbocycles. The van der Waals surface area contributed by atoms with E-state index in [0.29, 0.717) is 13.1 Å². The van der Waals surface area contributed by atoms with E-state index in [1.165, 1.54) is 22.6 Å². The van der Waals surface area contributed by atoms with E-state index in [0.717, 1.165) is 30.3 Å². The topological polar surface area (TPSA) is 85.7 Å². The smallest absolute Gasteiger partial charge is 0.326 e. The Labute approximate surface area is 135 Å². The summed E-state index contributed by atoms with van der Waals surface area (Å²) in [5.41, 5.74) is -0.690. The van der Waals surface area contributed by atoms with E-state index in [1.54, 1.807) is 6.92 Å². The molecule has 0 N–H and O–H groups in total. The third-order valence-electron chi connectivity index (χ3n) is 3.77. The molecule has 0 unspecified atom stereocenters. The maximum atomic E-state index is 12.7.